The van der Waals surface area contributed by atoms with Gasteiger partial charge in [0, 0.05) is 18.9 Å². The Bertz CT molecular complexity index is 678. The third kappa shape index (κ3) is 3.14. The lowest BCUT2D eigenvalue weighted by Gasteiger charge is -2.19. The number of nitrogens with one attached hydrogen (secondary N) is 2. The molecular weight excluding hydrogens is 268 g/mol. The van der Waals surface area contributed by atoms with E-state index in [1.54, 1.807) is 12.5 Å². The quantitative estimate of drug-likeness (QED) is 0.735. The number of nitrogens with zero attached hydrogens (tertiary/aromatic N) is 4. The van der Waals surface area contributed by atoms with E-state index in [0.717, 1.165) is 5.56 Å². The molecule has 106 valence electrons. The van der Waals surface area contributed by atoms with Gasteiger partial charge >= 0.3 is 0 Å². The summed E-state index contributed by atoms with van der Waals surface area (Å²) in [4.78, 5) is 16.2. The molecule has 0 fully saturated rings. The number of aromatic nitrogens is 5. The largest absolute Gasteiger partial charge is 0.342 e. The van der Waals surface area contributed by atoms with Crippen molar-refractivity contribution in [3.05, 3.63) is 66.5 Å². The molecule has 21 heavy (non-hydrogen) atoms. The molecule has 0 aliphatic rings. The average Bonchev–Trinajstić information content (AvgIpc) is 3.21. The van der Waals surface area contributed by atoms with Gasteiger partial charge in [0.05, 0.1) is 18.6 Å². The van der Waals surface area contributed by atoms with Gasteiger partial charge in [0.1, 0.15) is 0 Å². The van der Waals surface area contributed by atoms with E-state index in [-0.39, 0.29) is 17.6 Å². The first-order valence-electron chi connectivity index (χ1n) is 6.50. The molecule has 0 saturated heterocycles. The zero-order valence-electron chi connectivity index (χ0n) is 11.2. The van der Waals surface area contributed by atoms with Crippen molar-refractivity contribution < 1.29 is 4.79 Å². The van der Waals surface area contributed by atoms with Crippen molar-refractivity contribution in [2.24, 2.45) is 0 Å². The molecule has 3 rings (SSSR count). The van der Waals surface area contributed by atoms with E-state index >= 15 is 0 Å². The highest BCUT2D eigenvalue weighted by Crippen LogP contribution is 2.15. The van der Waals surface area contributed by atoms with E-state index in [2.05, 4.69) is 25.7 Å². The molecule has 1 aromatic carbocycles. The fraction of sp³-hybridized carbons (Fsp3) is 0.143. The minimum Gasteiger partial charge on any atom is -0.342 e. The first-order chi connectivity index (χ1) is 10.3. The number of hydrogen-bond acceptors (Lipinski definition) is 4. The predicted molar refractivity (Wildman–Crippen MR) is 75.3 cm³/mol. The van der Waals surface area contributed by atoms with Crippen LogP contribution in [0.2, 0.25) is 0 Å². The first-order valence-corrected chi connectivity index (χ1v) is 6.50. The molecule has 0 saturated carbocycles. The normalized spacial score (nSPS) is 12.0. The van der Waals surface area contributed by atoms with Gasteiger partial charge in [-0.2, -0.15) is 15.4 Å². The molecule has 2 aromatic heterocycles. The van der Waals surface area contributed by atoms with E-state index in [9.17, 15) is 4.79 Å². The van der Waals surface area contributed by atoms with Crippen molar-refractivity contribution >= 4 is 5.91 Å². The van der Waals surface area contributed by atoms with Crippen molar-refractivity contribution in [1.82, 2.24) is 30.3 Å². The van der Waals surface area contributed by atoms with Gasteiger partial charge in [-0.05, 0) is 5.56 Å². The Labute approximate surface area is 121 Å². The fourth-order valence-electron chi connectivity index (χ4n) is 2.07. The summed E-state index contributed by atoms with van der Waals surface area (Å²) in [5, 5.41) is 12.8. The van der Waals surface area contributed by atoms with Crippen LogP contribution in [-0.2, 0) is 6.54 Å². The molecule has 0 aliphatic heterocycles. The number of H-pyrrole nitrogens is 1. The number of rotatable bonds is 5. The molecule has 2 heterocycles. The summed E-state index contributed by atoms with van der Waals surface area (Å²) in [6.45, 7) is 0.591. The molecule has 0 aliphatic carbocycles. The van der Waals surface area contributed by atoms with Gasteiger partial charge in [0.25, 0.3) is 5.91 Å². The summed E-state index contributed by atoms with van der Waals surface area (Å²) in [5.41, 5.74) is 1.28. The van der Waals surface area contributed by atoms with Crippen LogP contribution in [0.15, 0.2) is 55.2 Å². The Hall–Kier alpha value is -2.96. The van der Waals surface area contributed by atoms with Crippen LogP contribution in [0.25, 0.3) is 0 Å². The number of hydrogen-bond donors (Lipinski definition) is 2. The first kappa shape index (κ1) is 13.0. The Morgan fingerprint density at radius 2 is 2.19 bits per heavy atom. The monoisotopic (exact) mass is 282 g/mol. The van der Waals surface area contributed by atoms with Crippen LogP contribution < -0.4 is 5.32 Å². The summed E-state index contributed by atoms with van der Waals surface area (Å²) < 4.78 is 1.92. The topological polar surface area (TPSA) is 88.5 Å². The third-order valence-electron chi connectivity index (χ3n) is 3.11. The van der Waals surface area contributed by atoms with Gasteiger partial charge in [0.2, 0.25) is 0 Å². The van der Waals surface area contributed by atoms with Crippen LogP contribution in [0.5, 0.6) is 0 Å². The Morgan fingerprint density at radius 3 is 2.86 bits per heavy atom. The maximum absolute atomic E-state index is 12.2. The van der Waals surface area contributed by atoms with Crippen LogP contribution in [0.1, 0.15) is 22.1 Å². The lowest BCUT2D eigenvalue weighted by atomic mass is 10.1. The highest BCUT2D eigenvalue weighted by molar-refractivity contribution is 5.92. The number of benzene rings is 1. The van der Waals surface area contributed by atoms with Gasteiger partial charge in [-0.1, -0.05) is 30.3 Å². The highest BCUT2D eigenvalue weighted by Gasteiger charge is 2.17. The lowest BCUT2D eigenvalue weighted by Crippen LogP contribution is -2.31. The van der Waals surface area contributed by atoms with Crippen LogP contribution in [-0.4, -0.2) is 30.9 Å². The molecule has 7 heteroatoms. The number of imidazole rings is 1. The maximum Gasteiger partial charge on any atom is 0.274 e. The second-order valence-electron chi connectivity index (χ2n) is 4.55. The molecular formula is C14H14N6O. The van der Waals surface area contributed by atoms with Crippen LogP contribution >= 0.6 is 0 Å². The molecule has 1 atom stereocenters. The predicted octanol–water partition coefficient (Wildman–Crippen LogP) is 1.17. The van der Waals surface area contributed by atoms with E-state index in [1.807, 2.05) is 41.1 Å². The van der Waals surface area contributed by atoms with Gasteiger partial charge in [-0.25, -0.2) is 4.98 Å². The summed E-state index contributed by atoms with van der Waals surface area (Å²) >= 11 is 0. The number of carbonyl (C=O) groups excluding carboxylic acids is 1. The highest BCUT2D eigenvalue weighted by atomic mass is 16.2. The number of amides is 1. The molecule has 0 unspecified atom stereocenters. The van der Waals surface area contributed by atoms with Crippen molar-refractivity contribution in [3.63, 3.8) is 0 Å². The van der Waals surface area contributed by atoms with Crippen LogP contribution in [0.4, 0.5) is 0 Å². The van der Waals surface area contributed by atoms with Crippen molar-refractivity contribution in [2.75, 3.05) is 0 Å². The van der Waals surface area contributed by atoms with E-state index in [1.165, 1.54) is 6.20 Å². The van der Waals surface area contributed by atoms with Gasteiger partial charge < -0.3 is 9.88 Å². The number of carbonyl (C=O) groups is 1. The van der Waals surface area contributed by atoms with Gasteiger partial charge in [-0.15, -0.1) is 0 Å². The molecule has 7 nitrogen and oxygen atoms in total. The minimum atomic E-state index is -0.266. The third-order valence-corrected chi connectivity index (χ3v) is 3.11. The van der Waals surface area contributed by atoms with Crippen molar-refractivity contribution in [2.45, 2.75) is 12.6 Å². The van der Waals surface area contributed by atoms with Gasteiger partial charge in [0.15, 0.2) is 5.69 Å². The summed E-state index contributed by atoms with van der Waals surface area (Å²) in [6.07, 6.45) is 6.69. The Morgan fingerprint density at radius 1 is 1.33 bits per heavy atom. The Kier molecular flexibility index (Phi) is 3.72. The second-order valence-corrected chi connectivity index (χ2v) is 4.55. The fourth-order valence-corrected chi connectivity index (χ4v) is 2.07. The standard InChI is InChI=1S/C14H14N6O/c21-14(12-8-16-19-18-12)17-13(9-20-7-6-15-10-20)11-4-2-1-3-5-11/h1-8,10,13H,9H2,(H,17,21)(H,16,18,19)/t13-/m0/s1. The van der Waals surface area contributed by atoms with Crippen LogP contribution in [0.3, 0.4) is 0 Å². The van der Waals surface area contributed by atoms with E-state index < -0.39 is 0 Å². The lowest BCUT2D eigenvalue weighted by molar-refractivity contribution is 0.0927. The number of aromatic amines is 1. The van der Waals surface area contributed by atoms with Crippen molar-refractivity contribution in [3.8, 4) is 0 Å². The molecule has 0 bridgehead atoms. The SMILES string of the molecule is O=C(N[C@@H](Cn1ccnc1)c1ccccc1)c1cn[nH]n1. The Balaban J connectivity index is 1.80. The summed E-state index contributed by atoms with van der Waals surface area (Å²) in [5.74, 6) is -0.266. The molecule has 2 N–H and O–H groups in total. The zero-order valence-corrected chi connectivity index (χ0v) is 11.2. The minimum absolute atomic E-state index is 0.176. The van der Waals surface area contributed by atoms with Crippen LogP contribution in [0, 0.1) is 0 Å². The van der Waals surface area contributed by atoms with Gasteiger partial charge in [-0.3, -0.25) is 4.79 Å². The second kappa shape index (κ2) is 6.00. The molecule has 0 radical (unpaired) electrons. The average molecular weight is 282 g/mol. The molecule has 0 spiro atoms. The van der Waals surface area contributed by atoms with E-state index in [0.29, 0.717) is 6.54 Å². The molecule has 3 aromatic rings. The smallest absolute Gasteiger partial charge is 0.274 e. The van der Waals surface area contributed by atoms with Crippen molar-refractivity contribution in [1.29, 1.82) is 0 Å². The maximum atomic E-state index is 12.2. The summed E-state index contributed by atoms with van der Waals surface area (Å²) in [7, 11) is 0. The van der Waals surface area contributed by atoms with E-state index in [4.69, 9.17) is 0 Å². The zero-order chi connectivity index (χ0) is 14.5. The molecule has 1 amide bonds. The summed E-state index contributed by atoms with van der Waals surface area (Å²) in [6, 6.07) is 9.61.